The zero-order valence-corrected chi connectivity index (χ0v) is 10.3. The van der Waals surface area contributed by atoms with Gasteiger partial charge in [0.25, 0.3) is 0 Å². The molecule has 0 radical (unpaired) electrons. The van der Waals surface area contributed by atoms with Gasteiger partial charge in [0, 0.05) is 11.9 Å². The maximum Gasteiger partial charge on any atom is 0.234 e. The highest BCUT2D eigenvalue weighted by atomic mass is 32.2. The average molecular weight is 248 g/mol. The van der Waals surface area contributed by atoms with Crippen molar-refractivity contribution >= 4 is 27.0 Å². The zero-order chi connectivity index (χ0) is 11.1. The number of rotatable bonds is 7. The highest BCUT2D eigenvalue weighted by Crippen LogP contribution is 2.13. The van der Waals surface area contributed by atoms with Crippen LogP contribution in [0.3, 0.4) is 0 Å². The van der Waals surface area contributed by atoms with E-state index in [1.807, 2.05) is 12.3 Å². The van der Waals surface area contributed by atoms with Crippen molar-refractivity contribution in [2.75, 3.05) is 23.6 Å². The van der Waals surface area contributed by atoms with E-state index in [1.165, 1.54) is 11.3 Å². The Kier molecular flexibility index (Phi) is 5.07. The van der Waals surface area contributed by atoms with E-state index in [1.54, 1.807) is 11.4 Å². The third-order valence-electron chi connectivity index (χ3n) is 1.77. The van der Waals surface area contributed by atoms with E-state index in [0.717, 1.165) is 13.0 Å². The molecule has 0 spiro atoms. The molecule has 1 heterocycles. The minimum absolute atomic E-state index is 0.114. The van der Waals surface area contributed by atoms with E-state index in [0.29, 0.717) is 12.2 Å². The molecule has 0 aliphatic heterocycles. The second kappa shape index (κ2) is 6.09. The van der Waals surface area contributed by atoms with Gasteiger partial charge in [-0.15, -0.1) is 0 Å². The summed E-state index contributed by atoms with van der Waals surface area (Å²) >= 11 is 1.47. The molecule has 1 aromatic heterocycles. The third kappa shape index (κ3) is 5.15. The summed E-state index contributed by atoms with van der Waals surface area (Å²) in [6, 6.07) is 1.75. The fourth-order valence-corrected chi connectivity index (χ4v) is 2.73. The second-order valence-corrected chi connectivity index (χ2v) is 5.80. The number of thiophene rings is 1. The van der Waals surface area contributed by atoms with E-state index in [9.17, 15) is 8.42 Å². The molecule has 1 rings (SSSR count). The van der Waals surface area contributed by atoms with Gasteiger partial charge in [-0.2, -0.15) is 11.3 Å². The molecule has 0 amide bonds. The lowest BCUT2D eigenvalue weighted by Gasteiger charge is -2.06. The van der Waals surface area contributed by atoms with Crippen LogP contribution in [0.1, 0.15) is 13.3 Å². The van der Waals surface area contributed by atoms with Crippen LogP contribution >= 0.6 is 11.3 Å². The molecular weight excluding hydrogens is 232 g/mol. The molecule has 0 aliphatic rings. The summed E-state index contributed by atoms with van der Waals surface area (Å²) in [5, 5.41) is 6.67. The van der Waals surface area contributed by atoms with Crippen molar-refractivity contribution in [2.24, 2.45) is 0 Å². The van der Waals surface area contributed by atoms with Crippen molar-refractivity contribution in [1.29, 1.82) is 0 Å². The summed E-state index contributed by atoms with van der Waals surface area (Å²) in [4.78, 5) is 0. The van der Waals surface area contributed by atoms with Gasteiger partial charge in [0.05, 0.1) is 11.4 Å². The van der Waals surface area contributed by atoms with Crippen LogP contribution in [0.15, 0.2) is 16.8 Å². The standard InChI is InChI=1S/C9H16N2O2S2/c1-2-4-10-5-7-15(12,13)11-9-3-6-14-8-9/h3,6,8,10-11H,2,4-5,7H2,1H3. The first-order valence-corrected chi connectivity index (χ1v) is 7.47. The van der Waals surface area contributed by atoms with Gasteiger partial charge in [-0.05, 0) is 24.4 Å². The Bertz CT molecular complexity index is 359. The molecule has 1 aromatic rings. The molecular formula is C9H16N2O2S2. The van der Waals surface area contributed by atoms with Crippen LogP contribution in [0.2, 0.25) is 0 Å². The van der Waals surface area contributed by atoms with Crippen LogP contribution in [0.4, 0.5) is 5.69 Å². The lowest BCUT2D eigenvalue weighted by atomic mass is 10.5. The molecule has 6 heteroatoms. The lowest BCUT2D eigenvalue weighted by Crippen LogP contribution is -2.27. The first-order chi connectivity index (χ1) is 7.14. The number of hydrogen-bond donors (Lipinski definition) is 2. The quantitative estimate of drug-likeness (QED) is 0.719. The highest BCUT2D eigenvalue weighted by Gasteiger charge is 2.09. The predicted molar refractivity (Wildman–Crippen MR) is 64.9 cm³/mol. The number of sulfonamides is 1. The Hall–Kier alpha value is -0.590. The third-order valence-corrected chi connectivity index (χ3v) is 3.74. The van der Waals surface area contributed by atoms with E-state index < -0.39 is 10.0 Å². The molecule has 15 heavy (non-hydrogen) atoms. The summed E-state index contributed by atoms with van der Waals surface area (Å²) in [6.07, 6.45) is 1.01. The first kappa shape index (κ1) is 12.5. The Morgan fingerprint density at radius 2 is 2.20 bits per heavy atom. The van der Waals surface area contributed by atoms with Gasteiger partial charge in [-0.25, -0.2) is 8.42 Å². The number of hydrogen-bond acceptors (Lipinski definition) is 4. The Morgan fingerprint density at radius 1 is 1.40 bits per heavy atom. The minimum atomic E-state index is -3.19. The van der Waals surface area contributed by atoms with Crippen LogP contribution in [-0.2, 0) is 10.0 Å². The van der Waals surface area contributed by atoms with Gasteiger partial charge >= 0.3 is 0 Å². The van der Waals surface area contributed by atoms with E-state index in [2.05, 4.69) is 10.0 Å². The van der Waals surface area contributed by atoms with Gasteiger partial charge < -0.3 is 5.32 Å². The molecule has 86 valence electrons. The van der Waals surface area contributed by atoms with Gasteiger partial charge in [-0.3, -0.25) is 4.72 Å². The van der Waals surface area contributed by atoms with Crippen molar-refractivity contribution in [3.05, 3.63) is 16.8 Å². The first-order valence-electron chi connectivity index (χ1n) is 4.87. The molecule has 0 bridgehead atoms. The minimum Gasteiger partial charge on any atom is -0.316 e. The fourth-order valence-electron chi connectivity index (χ4n) is 1.06. The molecule has 0 aromatic carbocycles. The summed E-state index contributed by atoms with van der Waals surface area (Å²) in [6.45, 7) is 3.40. The van der Waals surface area contributed by atoms with E-state index in [-0.39, 0.29) is 5.75 Å². The molecule has 2 N–H and O–H groups in total. The molecule has 0 unspecified atom stereocenters. The SMILES string of the molecule is CCCNCCS(=O)(=O)Nc1ccsc1. The smallest absolute Gasteiger partial charge is 0.234 e. The molecule has 4 nitrogen and oxygen atoms in total. The summed E-state index contributed by atoms with van der Waals surface area (Å²) in [5.41, 5.74) is 0.649. The van der Waals surface area contributed by atoms with Crippen molar-refractivity contribution in [3.8, 4) is 0 Å². The van der Waals surface area contributed by atoms with Crippen LogP contribution < -0.4 is 10.0 Å². The molecule has 0 saturated carbocycles. The summed E-state index contributed by atoms with van der Waals surface area (Å²) in [5.74, 6) is 0.114. The molecule has 0 atom stereocenters. The van der Waals surface area contributed by atoms with Crippen molar-refractivity contribution in [1.82, 2.24) is 5.32 Å². The maximum atomic E-state index is 11.5. The largest absolute Gasteiger partial charge is 0.316 e. The Labute approximate surface area is 94.8 Å². The normalized spacial score (nSPS) is 11.5. The van der Waals surface area contributed by atoms with Crippen LogP contribution in [0.25, 0.3) is 0 Å². The van der Waals surface area contributed by atoms with Crippen LogP contribution in [-0.4, -0.2) is 27.3 Å². The van der Waals surface area contributed by atoms with Crippen molar-refractivity contribution in [3.63, 3.8) is 0 Å². The van der Waals surface area contributed by atoms with Crippen LogP contribution in [0, 0.1) is 0 Å². The maximum absolute atomic E-state index is 11.5. The monoisotopic (exact) mass is 248 g/mol. The van der Waals surface area contributed by atoms with Crippen LogP contribution in [0.5, 0.6) is 0 Å². The number of anilines is 1. The average Bonchev–Trinajstić information content (AvgIpc) is 2.64. The van der Waals surface area contributed by atoms with Crippen molar-refractivity contribution < 1.29 is 8.42 Å². The van der Waals surface area contributed by atoms with Gasteiger partial charge in [0.1, 0.15) is 0 Å². The van der Waals surface area contributed by atoms with Gasteiger partial charge in [0.15, 0.2) is 0 Å². The van der Waals surface area contributed by atoms with Gasteiger partial charge in [0.2, 0.25) is 10.0 Å². The molecule has 0 saturated heterocycles. The zero-order valence-electron chi connectivity index (χ0n) is 8.69. The Morgan fingerprint density at radius 3 is 2.80 bits per heavy atom. The molecule has 0 aliphatic carbocycles. The number of nitrogens with one attached hydrogen (secondary N) is 2. The fraction of sp³-hybridized carbons (Fsp3) is 0.556. The predicted octanol–water partition coefficient (Wildman–Crippen LogP) is 1.49. The van der Waals surface area contributed by atoms with Gasteiger partial charge in [-0.1, -0.05) is 6.92 Å². The lowest BCUT2D eigenvalue weighted by molar-refractivity contribution is 0.595. The molecule has 0 fully saturated rings. The van der Waals surface area contributed by atoms with Crippen molar-refractivity contribution in [2.45, 2.75) is 13.3 Å². The Balaban J connectivity index is 2.33. The summed E-state index contributed by atoms with van der Waals surface area (Å²) < 4.78 is 25.5. The highest BCUT2D eigenvalue weighted by molar-refractivity contribution is 7.92. The van der Waals surface area contributed by atoms with E-state index in [4.69, 9.17) is 0 Å². The topological polar surface area (TPSA) is 58.2 Å². The van der Waals surface area contributed by atoms with E-state index >= 15 is 0 Å². The second-order valence-electron chi connectivity index (χ2n) is 3.18. The summed E-state index contributed by atoms with van der Waals surface area (Å²) in [7, 11) is -3.19.